The third kappa shape index (κ3) is 1.93. The average Bonchev–Trinajstić information content (AvgIpc) is 2.28. The summed E-state index contributed by atoms with van der Waals surface area (Å²) in [6.45, 7) is 5.75. The highest BCUT2D eigenvalue weighted by atomic mass is 15.1. The Hall–Kier alpha value is -0.820. The highest BCUT2D eigenvalue weighted by Gasteiger charge is 2.28. The second kappa shape index (κ2) is 4.36. The van der Waals surface area contributed by atoms with Crippen molar-refractivity contribution in [1.82, 2.24) is 4.90 Å². The molecule has 1 aliphatic carbocycles. The Balaban J connectivity index is 2.37. The molecule has 0 spiro atoms. The molecule has 15 heavy (non-hydrogen) atoms. The lowest BCUT2D eigenvalue weighted by atomic mass is 9.80. The zero-order valence-corrected chi connectivity index (χ0v) is 10.0. The quantitative estimate of drug-likeness (QED) is 0.713. The van der Waals surface area contributed by atoms with Crippen molar-refractivity contribution in [2.75, 3.05) is 13.6 Å². The van der Waals surface area contributed by atoms with Crippen molar-refractivity contribution in [2.45, 2.75) is 32.7 Å². The van der Waals surface area contributed by atoms with Crippen molar-refractivity contribution in [2.24, 2.45) is 5.92 Å². The van der Waals surface area contributed by atoms with Crippen LogP contribution >= 0.6 is 0 Å². The van der Waals surface area contributed by atoms with E-state index in [0.717, 1.165) is 12.5 Å². The van der Waals surface area contributed by atoms with Crippen LogP contribution in [-0.4, -0.2) is 18.5 Å². The molecule has 0 fully saturated rings. The summed E-state index contributed by atoms with van der Waals surface area (Å²) in [6, 6.07) is 9.56. The third-order valence-corrected chi connectivity index (χ3v) is 3.76. The molecule has 1 aliphatic rings. The molecule has 0 saturated heterocycles. The summed E-state index contributed by atoms with van der Waals surface area (Å²) in [6.07, 6.45) is 2.58. The van der Waals surface area contributed by atoms with Gasteiger partial charge in [-0.3, -0.25) is 4.90 Å². The summed E-state index contributed by atoms with van der Waals surface area (Å²) >= 11 is 0. The fraction of sp³-hybridized carbons (Fsp3) is 0.571. The lowest BCUT2D eigenvalue weighted by molar-refractivity contribution is 0.176. The number of fused-ring (bicyclic) bond motifs is 1. The van der Waals surface area contributed by atoms with Crippen LogP contribution in [0.1, 0.15) is 37.4 Å². The standard InChI is InChI=1S/C14H21N/c1-4-15(3)14-11(2)9-10-12-7-5-6-8-13(12)14/h5-8,11,14H,4,9-10H2,1-3H3/t11-,14+/m1/s1. The minimum absolute atomic E-state index is 0.625. The van der Waals surface area contributed by atoms with Crippen LogP contribution in [0.2, 0.25) is 0 Å². The van der Waals surface area contributed by atoms with Gasteiger partial charge in [0.15, 0.2) is 0 Å². The third-order valence-electron chi connectivity index (χ3n) is 3.76. The molecule has 0 radical (unpaired) electrons. The van der Waals surface area contributed by atoms with Crippen LogP contribution in [-0.2, 0) is 6.42 Å². The molecule has 1 aromatic carbocycles. The highest BCUT2D eigenvalue weighted by molar-refractivity contribution is 5.32. The van der Waals surface area contributed by atoms with E-state index in [0.29, 0.717) is 6.04 Å². The van der Waals surface area contributed by atoms with Crippen LogP contribution in [0.5, 0.6) is 0 Å². The number of rotatable bonds is 2. The summed E-state index contributed by atoms with van der Waals surface area (Å²) in [5.74, 6) is 0.782. The van der Waals surface area contributed by atoms with Crippen LogP contribution < -0.4 is 0 Å². The molecule has 1 heteroatoms. The number of hydrogen-bond acceptors (Lipinski definition) is 1. The van der Waals surface area contributed by atoms with Crippen molar-refractivity contribution >= 4 is 0 Å². The lowest BCUT2D eigenvalue weighted by Gasteiger charge is -2.37. The number of hydrogen-bond donors (Lipinski definition) is 0. The smallest absolute Gasteiger partial charge is 0.0373 e. The first-order chi connectivity index (χ1) is 7.24. The second-order valence-electron chi connectivity index (χ2n) is 4.73. The van der Waals surface area contributed by atoms with Crippen LogP contribution in [0.4, 0.5) is 0 Å². The van der Waals surface area contributed by atoms with Gasteiger partial charge in [-0.2, -0.15) is 0 Å². The summed E-state index contributed by atoms with van der Waals surface area (Å²) in [7, 11) is 2.24. The first kappa shape index (κ1) is 10.7. The van der Waals surface area contributed by atoms with E-state index in [1.807, 2.05) is 0 Å². The Morgan fingerprint density at radius 3 is 2.80 bits per heavy atom. The Kier molecular flexibility index (Phi) is 3.11. The van der Waals surface area contributed by atoms with Crippen LogP contribution in [0.3, 0.4) is 0 Å². The van der Waals surface area contributed by atoms with E-state index >= 15 is 0 Å². The fourth-order valence-corrected chi connectivity index (χ4v) is 2.77. The molecule has 82 valence electrons. The summed E-state index contributed by atoms with van der Waals surface area (Å²) in [4.78, 5) is 2.47. The largest absolute Gasteiger partial charge is 0.299 e. The van der Waals surface area contributed by atoms with Gasteiger partial charge in [0.1, 0.15) is 0 Å². The van der Waals surface area contributed by atoms with Crippen molar-refractivity contribution in [1.29, 1.82) is 0 Å². The second-order valence-corrected chi connectivity index (χ2v) is 4.73. The Morgan fingerprint density at radius 2 is 2.07 bits per heavy atom. The monoisotopic (exact) mass is 203 g/mol. The molecule has 0 aromatic heterocycles. The predicted octanol–water partition coefficient (Wildman–Crippen LogP) is 3.26. The highest BCUT2D eigenvalue weighted by Crippen LogP contribution is 2.37. The van der Waals surface area contributed by atoms with Gasteiger partial charge in [-0.05, 0) is 43.5 Å². The predicted molar refractivity (Wildman–Crippen MR) is 65.0 cm³/mol. The molecule has 0 N–H and O–H groups in total. The minimum atomic E-state index is 0.625. The van der Waals surface area contributed by atoms with Crippen molar-refractivity contribution in [3.05, 3.63) is 35.4 Å². The van der Waals surface area contributed by atoms with Crippen molar-refractivity contribution in [3.8, 4) is 0 Å². The van der Waals surface area contributed by atoms with Gasteiger partial charge in [0.2, 0.25) is 0 Å². The molecule has 2 atom stereocenters. The maximum atomic E-state index is 2.47. The van der Waals surface area contributed by atoms with E-state index in [1.54, 1.807) is 11.1 Å². The molecule has 0 unspecified atom stereocenters. The molecule has 0 aliphatic heterocycles. The van der Waals surface area contributed by atoms with Gasteiger partial charge >= 0.3 is 0 Å². The maximum absolute atomic E-state index is 2.47. The number of aryl methyl sites for hydroxylation is 1. The average molecular weight is 203 g/mol. The van der Waals surface area contributed by atoms with Gasteiger partial charge in [0.25, 0.3) is 0 Å². The summed E-state index contributed by atoms with van der Waals surface area (Å²) in [5, 5.41) is 0. The molecule has 0 bridgehead atoms. The van der Waals surface area contributed by atoms with Gasteiger partial charge in [0, 0.05) is 6.04 Å². The maximum Gasteiger partial charge on any atom is 0.0373 e. The van der Waals surface area contributed by atoms with Crippen molar-refractivity contribution in [3.63, 3.8) is 0 Å². The van der Waals surface area contributed by atoms with Gasteiger partial charge < -0.3 is 0 Å². The first-order valence-electron chi connectivity index (χ1n) is 6.02. The van der Waals surface area contributed by atoms with Gasteiger partial charge in [-0.25, -0.2) is 0 Å². The molecule has 0 saturated carbocycles. The van der Waals surface area contributed by atoms with Crippen molar-refractivity contribution < 1.29 is 0 Å². The van der Waals surface area contributed by atoms with Crippen LogP contribution in [0.15, 0.2) is 24.3 Å². The number of nitrogens with zero attached hydrogens (tertiary/aromatic N) is 1. The molecule has 2 rings (SSSR count). The van der Waals surface area contributed by atoms with E-state index < -0.39 is 0 Å². The van der Waals surface area contributed by atoms with Gasteiger partial charge in [-0.15, -0.1) is 0 Å². The molecule has 0 amide bonds. The topological polar surface area (TPSA) is 3.24 Å². The minimum Gasteiger partial charge on any atom is -0.299 e. The van der Waals surface area contributed by atoms with E-state index in [2.05, 4.69) is 50.1 Å². The zero-order valence-electron chi connectivity index (χ0n) is 10.0. The first-order valence-corrected chi connectivity index (χ1v) is 6.02. The van der Waals surface area contributed by atoms with Gasteiger partial charge in [0.05, 0.1) is 0 Å². The Labute approximate surface area is 93.1 Å². The molecule has 1 aromatic rings. The molecule has 0 heterocycles. The Morgan fingerprint density at radius 1 is 1.33 bits per heavy atom. The lowest BCUT2D eigenvalue weighted by Crippen LogP contribution is -2.32. The van der Waals surface area contributed by atoms with E-state index in [4.69, 9.17) is 0 Å². The van der Waals surface area contributed by atoms with E-state index in [9.17, 15) is 0 Å². The number of benzene rings is 1. The van der Waals surface area contributed by atoms with Crippen LogP contribution in [0.25, 0.3) is 0 Å². The molecule has 1 nitrogen and oxygen atoms in total. The Bertz CT molecular complexity index is 332. The fourth-order valence-electron chi connectivity index (χ4n) is 2.77. The van der Waals surface area contributed by atoms with E-state index in [1.165, 1.54) is 12.8 Å². The molecular formula is C14H21N. The zero-order chi connectivity index (χ0) is 10.8. The summed E-state index contributed by atoms with van der Waals surface area (Å²) < 4.78 is 0. The van der Waals surface area contributed by atoms with Gasteiger partial charge in [-0.1, -0.05) is 38.1 Å². The SMILES string of the molecule is CCN(C)[C@@H]1c2ccccc2CC[C@H]1C. The summed E-state index contributed by atoms with van der Waals surface area (Å²) in [5.41, 5.74) is 3.11. The van der Waals surface area contributed by atoms with Crippen LogP contribution in [0, 0.1) is 5.92 Å². The normalized spacial score (nSPS) is 25.3. The van der Waals surface area contributed by atoms with E-state index in [-0.39, 0.29) is 0 Å². The molecular weight excluding hydrogens is 182 g/mol.